The molecule has 1 aliphatic rings. The van der Waals surface area contributed by atoms with E-state index >= 15 is 0 Å². The molecule has 0 saturated heterocycles. The Kier molecular flexibility index (Phi) is 5.00. The average Bonchev–Trinajstić information content (AvgIpc) is 2.59. The van der Waals surface area contributed by atoms with E-state index in [2.05, 4.69) is 0 Å². The van der Waals surface area contributed by atoms with E-state index in [4.69, 9.17) is 4.74 Å². The van der Waals surface area contributed by atoms with Crippen LogP contribution in [0.1, 0.15) is 11.1 Å². The van der Waals surface area contributed by atoms with Gasteiger partial charge in [0.05, 0.1) is 12.4 Å². The Morgan fingerprint density at radius 2 is 1.54 bits per heavy atom. The topological polar surface area (TPSA) is 69.9 Å². The van der Waals surface area contributed by atoms with Gasteiger partial charge in [-0.15, -0.1) is 0 Å². The van der Waals surface area contributed by atoms with E-state index in [0.717, 1.165) is 11.1 Å². The first-order valence-electron chi connectivity index (χ1n) is 8.08. The van der Waals surface area contributed by atoms with Gasteiger partial charge in [-0.1, -0.05) is 60.7 Å². The van der Waals surface area contributed by atoms with Gasteiger partial charge in [0.2, 0.25) is 0 Å². The van der Waals surface area contributed by atoms with Crippen LogP contribution in [-0.2, 0) is 17.6 Å². The Morgan fingerprint density at radius 1 is 0.958 bits per heavy atom. The van der Waals surface area contributed by atoms with Crippen molar-refractivity contribution in [1.29, 1.82) is 0 Å². The summed E-state index contributed by atoms with van der Waals surface area (Å²) in [5, 5.41) is 31.9. The molecule has 0 aromatic heterocycles. The van der Waals surface area contributed by atoms with Gasteiger partial charge in [0.25, 0.3) is 0 Å². The molecule has 1 aliphatic heterocycles. The maximum Gasteiger partial charge on any atom is 0.153 e. The molecule has 4 nitrogen and oxygen atoms in total. The van der Waals surface area contributed by atoms with Gasteiger partial charge in [0.15, 0.2) is 6.10 Å². The van der Waals surface area contributed by atoms with Crippen LogP contribution < -0.4 is 0 Å². The van der Waals surface area contributed by atoms with E-state index in [-0.39, 0.29) is 6.42 Å². The first-order chi connectivity index (χ1) is 11.6. The zero-order valence-electron chi connectivity index (χ0n) is 13.3. The molecule has 0 saturated carbocycles. The van der Waals surface area contributed by atoms with Gasteiger partial charge >= 0.3 is 0 Å². The highest BCUT2D eigenvalue weighted by Crippen LogP contribution is 2.29. The van der Waals surface area contributed by atoms with E-state index in [0.29, 0.717) is 6.42 Å². The number of ether oxygens (including phenoxy) is 1. The molecule has 1 heterocycles. The number of hydrogen-bond acceptors (Lipinski definition) is 4. The fourth-order valence-corrected chi connectivity index (χ4v) is 3.06. The molecule has 0 radical (unpaired) electrons. The minimum absolute atomic E-state index is 0.253. The van der Waals surface area contributed by atoms with Crippen LogP contribution in [0.2, 0.25) is 0 Å². The van der Waals surface area contributed by atoms with E-state index in [9.17, 15) is 15.3 Å². The van der Waals surface area contributed by atoms with Crippen molar-refractivity contribution in [3.8, 4) is 0 Å². The second kappa shape index (κ2) is 7.18. The fraction of sp³-hybridized carbons (Fsp3) is 0.300. The highest BCUT2D eigenvalue weighted by atomic mass is 16.5. The van der Waals surface area contributed by atoms with Gasteiger partial charge in [0, 0.05) is 12.8 Å². The molecule has 126 valence electrons. The molecular formula is C20H22O4. The lowest BCUT2D eigenvalue weighted by molar-refractivity contribution is -0.150. The fourth-order valence-electron chi connectivity index (χ4n) is 3.06. The van der Waals surface area contributed by atoms with Crippen LogP contribution in [0.4, 0.5) is 0 Å². The minimum Gasteiger partial charge on any atom is -0.493 e. The molecule has 0 amide bonds. The van der Waals surface area contributed by atoms with Crippen molar-refractivity contribution in [1.82, 2.24) is 0 Å². The van der Waals surface area contributed by atoms with Gasteiger partial charge in [0.1, 0.15) is 11.7 Å². The summed E-state index contributed by atoms with van der Waals surface area (Å²) >= 11 is 0. The summed E-state index contributed by atoms with van der Waals surface area (Å²) in [7, 11) is 0. The lowest BCUT2D eigenvalue weighted by atomic mass is 9.82. The smallest absolute Gasteiger partial charge is 0.153 e. The van der Waals surface area contributed by atoms with Crippen molar-refractivity contribution in [3.63, 3.8) is 0 Å². The van der Waals surface area contributed by atoms with E-state index in [1.54, 1.807) is 0 Å². The van der Waals surface area contributed by atoms with Crippen molar-refractivity contribution in [2.24, 2.45) is 0 Å². The molecule has 3 N–H and O–H groups in total. The highest BCUT2D eigenvalue weighted by Gasteiger charge is 2.45. The number of aliphatic hydroxyl groups excluding tert-OH is 2. The summed E-state index contributed by atoms with van der Waals surface area (Å²) in [6, 6.07) is 19.0. The molecule has 0 bridgehead atoms. The largest absolute Gasteiger partial charge is 0.493 e. The summed E-state index contributed by atoms with van der Waals surface area (Å²) in [5.41, 5.74) is 0.380. The lowest BCUT2D eigenvalue weighted by Gasteiger charge is -2.40. The average molecular weight is 326 g/mol. The summed E-state index contributed by atoms with van der Waals surface area (Å²) in [6.07, 6.45) is 0.395. The van der Waals surface area contributed by atoms with Crippen molar-refractivity contribution in [2.75, 3.05) is 0 Å². The standard InChI is InChI=1S/C20H22O4/c21-17(13-15-7-3-1-4-8-15)18-19(22)20(23,11-12-24-18)14-16-9-5-2-6-10-16/h1-12,17-19,21-23H,13-14H2/t17?,18-,19-,20+/m1/s1. The predicted octanol–water partition coefficient (Wildman–Crippen LogP) is 1.84. The zero-order chi connectivity index (χ0) is 17.0. The van der Waals surface area contributed by atoms with Crippen molar-refractivity contribution in [2.45, 2.75) is 36.8 Å². The molecule has 0 fully saturated rings. The van der Waals surface area contributed by atoms with Crippen molar-refractivity contribution in [3.05, 3.63) is 84.1 Å². The zero-order valence-corrected chi connectivity index (χ0v) is 13.3. The molecule has 2 aromatic rings. The Bertz CT molecular complexity index is 671. The lowest BCUT2D eigenvalue weighted by Crippen LogP contribution is -2.56. The molecule has 2 aromatic carbocycles. The van der Waals surface area contributed by atoms with Gasteiger partial charge < -0.3 is 20.1 Å². The molecular weight excluding hydrogens is 304 g/mol. The Labute approximate surface area is 141 Å². The number of hydrogen-bond donors (Lipinski definition) is 3. The van der Waals surface area contributed by atoms with Gasteiger partial charge in [-0.05, 0) is 17.2 Å². The Hall–Kier alpha value is -2.14. The number of aliphatic hydroxyl groups is 3. The quantitative estimate of drug-likeness (QED) is 0.784. The maximum absolute atomic E-state index is 10.9. The molecule has 1 unspecified atom stereocenters. The summed E-state index contributed by atoms with van der Waals surface area (Å²) in [5.74, 6) is 0. The normalized spacial score (nSPS) is 27.5. The van der Waals surface area contributed by atoms with E-state index in [1.807, 2.05) is 60.7 Å². The van der Waals surface area contributed by atoms with Crippen LogP contribution in [0.25, 0.3) is 0 Å². The summed E-state index contributed by atoms with van der Waals surface area (Å²) < 4.78 is 5.42. The third-order valence-corrected chi connectivity index (χ3v) is 4.41. The second-order valence-electron chi connectivity index (χ2n) is 6.26. The maximum atomic E-state index is 10.9. The molecule has 24 heavy (non-hydrogen) atoms. The predicted molar refractivity (Wildman–Crippen MR) is 91.3 cm³/mol. The number of rotatable bonds is 5. The SMILES string of the molecule is OC(Cc1ccccc1)[C@H]1OC=C[C@](O)(Cc2ccccc2)[C@@H]1O. The number of benzene rings is 2. The summed E-state index contributed by atoms with van der Waals surface area (Å²) in [6.45, 7) is 0. The van der Waals surface area contributed by atoms with Crippen LogP contribution in [0.15, 0.2) is 73.0 Å². The Morgan fingerprint density at radius 3 is 2.17 bits per heavy atom. The van der Waals surface area contributed by atoms with Gasteiger partial charge in [-0.2, -0.15) is 0 Å². The van der Waals surface area contributed by atoms with Crippen molar-refractivity contribution >= 4 is 0 Å². The first kappa shape index (κ1) is 16.7. The highest BCUT2D eigenvalue weighted by molar-refractivity contribution is 5.23. The monoisotopic (exact) mass is 326 g/mol. The Balaban J connectivity index is 1.73. The molecule has 3 rings (SSSR count). The van der Waals surface area contributed by atoms with E-state index < -0.39 is 23.9 Å². The van der Waals surface area contributed by atoms with E-state index in [1.165, 1.54) is 12.3 Å². The van der Waals surface area contributed by atoms with Crippen LogP contribution >= 0.6 is 0 Å². The molecule has 0 spiro atoms. The molecule has 4 atom stereocenters. The first-order valence-corrected chi connectivity index (χ1v) is 8.08. The van der Waals surface area contributed by atoms with Crippen LogP contribution in [-0.4, -0.2) is 39.2 Å². The summed E-state index contributed by atoms with van der Waals surface area (Å²) in [4.78, 5) is 0. The molecule has 0 aliphatic carbocycles. The second-order valence-corrected chi connectivity index (χ2v) is 6.26. The third kappa shape index (κ3) is 3.67. The van der Waals surface area contributed by atoms with Crippen molar-refractivity contribution < 1.29 is 20.1 Å². The van der Waals surface area contributed by atoms with Crippen LogP contribution in [0.3, 0.4) is 0 Å². The van der Waals surface area contributed by atoms with Gasteiger partial charge in [-0.25, -0.2) is 0 Å². The van der Waals surface area contributed by atoms with Gasteiger partial charge in [-0.3, -0.25) is 0 Å². The van der Waals surface area contributed by atoms with Crippen LogP contribution in [0, 0.1) is 0 Å². The third-order valence-electron chi connectivity index (χ3n) is 4.41. The van der Waals surface area contributed by atoms with Crippen LogP contribution in [0.5, 0.6) is 0 Å². The minimum atomic E-state index is -1.47. The molecule has 4 heteroatoms.